The summed E-state index contributed by atoms with van der Waals surface area (Å²) in [5, 5.41) is 0. The molecular weight excluding hydrogens is 215 g/mol. The first-order valence-electron chi connectivity index (χ1n) is 5.46. The van der Waals surface area contributed by atoms with Gasteiger partial charge in [-0.25, -0.2) is 4.39 Å². The van der Waals surface area contributed by atoms with Gasteiger partial charge in [0.15, 0.2) is 0 Å². The fourth-order valence-electron chi connectivity index (χ4n) is 1.83. The van der Waals surface area contributed by atoms with Crippen molar-refractivity contribution in [3.8, 4) is 0 Å². The van der Waals surface area contributed by atoms with E-state index in [1.165, 1.54) is 6.07 Å². The standard InChI is InChI=1S/C14H15FN2/c1-9-12(15)8-7-11(13(9)16)14(17)10-5-3-2-4-6-10/h2-8,14H,16-17H2,1H3. The minimum absolute atomic E-state index is 0.300. The molecule has 0 spiro atoms. The molecule has 0 saturated heterocycles. The number of benzene rings is 2. The van der Waals surface area contributed by atoms with Crippen LogP contribution in [0.1, 0.15) is 22.7 Å². The summed E-state index contributed by atoms with van der Waals surface area (Å²) in [7, 11) is 0. The number of hydrogen-bond donors (Lipinski definition) is 2. The maximum Gasteiger partial charge on any atom is 0.128 e. The molecule has 0 heterocycles. The SMILES string of the molecule is Cc1c(F)ccc(C(N)c2ccccc2)c1N. The number of nitrogen functional groups attached to an aromatic ring is 1. The molecule has 1 unspecified atom stereocenters. The third kappa shape index (κ3) is 2.15. The quantitative estimate of drug-likeness (QED) is 0.779. The van der Waals surface area contributed by atoms with Crippen LogP contribution in [0.3, 0.4) is 0 Å². The second-order valence-corrected chi connectivity index (χ2v) is 4.06. The minimum Gasteiger partial charge on any atom is -0.398 e. The Morgan fingerprint density at radius 3 is 2.35 bits per heavy atom. The van der Waals surface area contributed by atoms with Crippen molar-refractivity contribution in [2.45, 2.75) is 13.0 Å². The maximum absolute atomic E-state index is 13.3. The van der Waals surface area contributed by atoms with Crippen LogP contribution in [-0.2, 0) is 0 Å². The Bertz CT molecular complexity index is 523. The lowest BCUT2D eigenvalue weighted by Gasteiger charge is -2.16. The predicted octanol–water partition coefficient (Wildman–Crippen LogP) is 2.76. The van der Waals surface area contributed by atoms with Gasteiger partial charge in [-0.15, -0.1) is 0 Å². The van der Waals surface area contributed by atoms with Gasteiger partial charge in [0.25, 0.3) is 0 Å². The molecule has 2 aromatic rings. The van der Waals surface area contributed by atoms with Crippen molar-refractivity contribution >= 4 is 5.69 Å². The number of rotatable bonds is 2. The Hall–Kier alpha value is -1.87. The van der Waals surface area contributed by atoms with Gasteiger partial charge in [-0.1, -0.05) is 36.4 Å². The molecule has 1 atom stereocenters. The highest BCUT2D eigenvalue weighted by Gasteiger charge is 2.14. The van der Waals surface area contributed by atoms with Crippen LogP contribution in [0.2, 0.25) is 0 Å². The molecule has 0 bridgehead atoms. The molecule has 0 amide bonds. The van der Waals surface area contributed by atoms with Gasteiger partial charge in [-0.3, -0.25) is 0 Å². The van der Waals surface area contributed by atoms with E-state index >= 15 is 0 Å². The third-order valence-corrected chi connectivity index (χ3v) is 2.98. The molecule has 0 aromatic heterocycles. The van der Waals surface area contributed by atoms with Crippen molar-refractivity contribution in [2.75, 3.05) is 5.73 Å². The van der Waals surface area contributed by atoms with Crippen LogP contribution in [-0.4, -0.2) is 0 Å². The molecule has 0 fully saturated rings. The van der Waals surface area contributed by atoms with Gasteiger partial charge in [-0.2, -0.15) is 0 Å². The lowest BCUT2D eigenvalue weighted by molar-refractivity contribution is 0.618. The predicted molar refractivity (Wildman–Crippen MR) is 68.0 cm³/mol. The van der Waals surface area contributed by atoms with E-state index in [4.69, 9.17) is 11.5 Å². The van der Waals surface area contributed by atoms with E-state index in [2.05, 4.69) is 0 Å². The van der Waals surface area contributed by atoms with Crippen molar-refractivity contribution in [1.29, 1.82) is 0 Å². The second-order valence-electron chi connectivity index (χ2n) is 4.06. The molecule has 0 aliphatic heterocycles. The van der Waals surface area contributed by atoms with Gasteiger partial charge >= 0.3 is 0 Å². The molecule has 0 radical (unpaired) electrons. The highest BCUT2D eigenvalue weighted by molar-refractivity contribution is 5.56. The first-order valence-corrected chi connectivity index (χ1v) is 5.46. The molecule has 17 heavy (non-hydrogen) atoms. The van der Waals surface area contributed by atoms with E-state index in [1.807, 2.05) is 30.3 Å². The Morgan fingerprint density at radius 1 is 1.06 bits per heavy atom. The summed E-state index contributed by atoms with van der Waals surface area (Å²) in [4.78, 5) is 0. The lowest BCUT2D eigenvalue weighted by atomic mass is 9.96. The average molecular weight is 230 g/mol. The van der Waals surface area contributed by atoms with Crippen LogP contribution in [0.4, 0.5) is 10.1 Å². The summed E-state index contributed by atoms with van der Waals surface area (Å²) in [6.07, 6.45) is 0. The zero-order valence-electron chi connectivity index (χ0n) is 9.65. The Labute approximate surface area is 100 Å². The molecule has 2 nitrogen and oxygen atoms in total. The van der Waals surface area contributed by atoms with Crippen LogP contribution in [0, 0.1) is 12.7 Å². The van der Waals surface area contributed by atoms with Crippen molar-refractivity contribution in [1.82, 2.24) is 0 Å². The van der Waals surface area contributed by atoms with E-state index < -0.39 is 0 Å². The van der Waals surface area contributed by atoms with Gasteiger partial charge in [0.05, 0.1) is 6.04 Å². The summed E-state index contributed by atoms with van der Waals surface area (Å²) in [6.45, 7) is 1.66. The Morgan fingerprint density at radius 2 is 1.71 bits per heavy atom. The van der Waals surface area contributed by atoms with Crippen molar-refractivity contribution in [3.63, 3.8) is 0 Å². The van der Waals surface area contributed by atoms with Crippen LogP contribution in [0.5, 0.6) is 0 Å². The number of nitrogens with two attached hydrogens (primary N) is 2. The van der Waals surface area contributed by atoms with E-state index in [9.17, 15) is 4.39 Å². The average Bonchev–Trinajstić information content (AvgIpc) is 2.36. The Balaban J connectivity index is 2.45. The van der Waals surface area contributed by atoms with E-state index in [0.29, 0.717) is 11.3 Å². The summed E-state index contributed by atoms with van der Waals surface area (Å²) < 4.78 is 13.3. The monoisotopic (exact) mass is 230 g/mol. The van der Waals surface area contributed by atoms with Crippen LogP contribution < -0.4 is 11.5 Å². The molecule has 3 heteroatoms. The van der Waals surface area contributed by atoms with Crippen molar-refractivity contribution < 1.29 is 4.39 Å². The Kier molecular flexibility index (Phi) is 3.11. The molecule has 4 N–H and O–H groups in total. The number of halogens is 1. The normalized spacial score (nSPS) is 12.4. The molecular formula is C14H15FN2. The van der Waals surface area contributed by atoms with Crippen molar-refractivity contribution in [2.24, 2.45) is 5.73 Å². The summed E-state index contributed by atoms with van der Waals surface area (Å²) in [5.41, 5.74) is 14.6. The first kappa shape index (κ1) is 11.6. The number of hydrogen-bond acceptors (Lipinski definition) is 2. The van der Waals surface area contributed by atoms with E-state index in [-0.39, 0.29) is 11.9 Å². The summed E-state index contributed by atoms with van der Waals surface area (Å²) in [6, 6.07) is 12.4. The highest BCUT2D eigenvalue weighted by Crippen LogP contribution is 2.28. The topological polar surface area (TPSA) is 52.0 Å². The third-order valence-electron chi connectivity index (χ3n) is 2.98. The molecule has 0 saturated carbocycles. The molecule has 88 valence electrons. The smallest absolute Gasteiger partial charge is 0.128 e. The maximum atomic E-state index is 13.3. The van der Waals surface area contributed by atoms with Crippen molar-refractivity contribution in [3.05, 3.63) is 65.0 Å². The number of anilines is 1. The second kappa shape index (κ2) is 4.55. The van der Waals surface area contributed by atoms with Crippen LogP contribution in [0.15, 0.2) is 42.5 Å². The summed E-state index contributed by atoms with van der Waals surface area (Å²) >= 11 is 0. The van der Waals surface area contributed by atoms with Crippen LogP contribution >= 0.6 is 0 Å². The van der Waals surface area contributed by atoms with E-state index in [0.717, 1.165) is 11.1 Å². The van der Waals surface area contributed by atoms with Gasteiger partial charge in [0.2, 0.25) is 0 Å². The van der Waals surface area contributed by atoms with Gasteiger partial charge < -0.3 is 11.5 Å². The summed E-state index contributed by atoms with van der Waals surface area (Å²) in [5.74, 6) is -0.300. The molecule has 0 aliphatic carbocycles. The zero-order chi connectivity index (χ0) is 12.4. The van der Waals surface area contributed by atoms with Crippen LogP contribution in [0.25, 0.3) is 0 Å². The molecule has 2 rings (SSSR count). The van der Waals surface area contributed by atoms with E-state index in [1.54, 1.807) is 13.0 Å². The lowest BCUT2D eigenvalue weighted by Crippen LogP contribution is -2.14. The van der Waals surface area contributed by atoms with Gasteiger partial charge in [0, 0.05) is 11.3 Å². The fourth-order valence-corrected chi connectivity index (χ4v) is 1.83. The zero-order valence-corrected chi connectivity index (χ0v) is 9.65. The largest absolute Gasteiger partial charge is 0.398 e. The van der Waals surface area contributed by atoms with Gasteiger partial charge in [0.1, 0.15) is 5.82 Å². The molecule has 0 aliphatic rings. The van der Waals surface area contributed by atoms with Gasteiger partial charge in [-0.05, 0) is 24.1 Å². The highest BCUT2D eigenvalue weighted by atomic mass is 19.1. The molecule has 2 aromatic carbocycles. The first-order chi connectivity index (χ1) is 8.11. The fraction of sp³-hybridized carbons (Fsp3) is 0.143. The minimum atomic E-state index is -0.324.